The van der Waals surface area contributed by atoms with Crippen molar-refractivity contribution in [3.05, 3.63) is 92.7 Å². The molecule has 0 radical (unpaired) electrons. The smallest absolute Gasteiger partial charge is 0.325 e. The molecule has 1 fully saturated rings. The molecule has 2 aromatic carbocycles. The van der Waals surface area contributed by atoms with E-state index in [1.54, 1.807) is 11.3 Å². The van der Waals surface area contributed by atoms with E-state index in [9.17, 15) is 14.4 Å². The van der Waals surface area contributed by atoms with Crippen LogP contribution in [0.25, 0.3) is 0 Å². The number of nitrogens with one attached hydrogen (secondary N) is 2. The molecule has 1 saturated heterocycles. The van der Waals surface area contributed by atoms with Gasteiger partial charge in [0.05, 0.1) is 6.04 Å². The number of rotatable bonds is 5. The highest BCUT2D eigenvalue weighted by atomic mass is 32.1. The molecule has 6 rings (SSSR count). The third-order valence-electron chi connectivity index (χ3n) is 7.79. The van der Waals surface area contributed by atoms with E-state index in [1.807, 2.05) is 41.8 Å². The van der Waals surface area contributed by atoms with Crippen molar-refractivity contribution in [2.75, 3.05) is 6.54 Å². The summed E-state index contributed by atoms with van der Waals surface area (Å²) in [5.41, 5.74) is 4.62. The highest BCUT2D eigenvalue weighted by molar-refractivity contribution is 7.10. The summed E-state index contributed by atoms with van der Waals surface area (Å²) in [6.07, 6.45) is 6.79. The second kappa shape index (κ2) is 9.21. The van der Waals surface area contributed by atoms with Gasteiger partial charge in [0, 0.05) is 4.88 Å². The van der Waals surface area contributed by atoms with E-state index in [0.29, 0.717) is 6.42 Å². The van der Waals surface area contributed by atoms with Crippen LogP contribution in [-0.2, 0) is 34.4 Å². The third kappa shape index (κ3) is 3.91. The molecule has 4 amide bonds. The van der Waals surface area contributed by atoms with E-state index in [1.165, 1.54) is 24.0 Å². The highest BCUT2D eigenvalue weighted by Crippen LogP contribution is 2.40. The number of hydrogen-bond acceptors (Lipinski definition) is 4. The molecule has 1 aliphatic heterocycles. The lowest BCUT2D eigenvalue weighted by atomic mass is 9.76. The van der Waals surface area contributed by atoms with E-state index >= 15 is 0 Å². The van der Waals surface area contributed by atoms with E-state index < -0.39 is 11.6 Å². The molecule has 6 nitrogen and oxygen atoms in total. The van der Waals surface area contributed by atoms with Crippen LogP contribution in [0.1, 0.15) is 64.4 Å². The molecule has 3 aliphatic rings. The Balaban J connectivity index is 1.24. The van der Waals surface area contributed by atoms with Crippen LogP contribution in [0.2, 0.25) is 0 Å². The quantitative estimate of drug-likeness (QED) is 0.503. The van der Waals surface area contributed by atoms with Crippen molar-refractivity contribution < 1.29 is 14.4 Å². The Bertz CT molecular complexity index is 1340. The Morgan fingerprint density at radius 3 is 2.61 bits per heavy atom. The minimum absolute atomic E-state index is 0.304. The van der Waals surface area contributed by atoms with E-state index in [4.69, 9.17) is 0 Å². The van der Waals surface area contributed by atoms with Gasteiger partial charge in [-0.2, -0.15) is 0 Å². The molecule has 2 heterocycles. The Labute approximate surface area is 214 Å². The highest BCUT2D eigenvalue weighted by Gasteiger charge is 2.54. The van der Waals surface area contributed by atoms with Crippen LogP contribution in [0.4, 0.5) is 4.79 Å². The van der Waals surface area contributed by atoms with Gasteiger partial charge in [0.1, 0.15) is 12.1 Å². The largest absolute Gasteiger partial charge is 0.343 e. The summed E-state index contributed by atoms with van der Waals surface area (Å²) >= 11 is 1.58. The lowest BCUT2D eigenvalue weighted by molar-refractivity contribution is -0.135. The van der Waals surface area contributed by atoms with Crippen molar-refractivity contribution in [2.24, 2.45) is 0 Å². The van der Waals surface area contributed by atoms with E-state index in [0.717, 1.165) is 52.2 Å². The zero-order chi connectivity index (χ0) is 24.7. The molecule has 0 saturated carbocycles. The summed E-state index contributed by atoms with van der Waals surface area (Å²) in [6, 6.07) is 17.4. The number of imide groups is 1. The number of urea groups is 1. The number of benzene rings is 2. The number of nitrogens with zero attached hydrogens (tertiary/aromatic N) is 1. The van der Waals surface area contributed by atoms with Gasteiger partial charge < -0.3 is 10.6 Å². The molecule has 36 heavy (non-hydrogen) atoms. The van der Waals surface area contributed by atoms with E-state index in [2.05, 4.69) is 28.8 Å². The van der Waals surface area contributed by atoms with Crippen LogP contribution < -0.4 is 10.6 Å². The number of carbonyl (C=O) groups excluding carboxylic acids is 3. The topological polar surface area (TPSA) is 78.5 Å². The fourth-order valence-corrected chi connectivity index (χ4v) is 6.81. The minimum atomic E-state index is -1.07. The van der Waals surface area contributed by atoms with Gasteiger partial charge in [0.2, 0.25) is 5.91 Å². The number of fused-ring (bicyclic) bond motifs is 3. The molecule has 0 bridgehead atoms. The van der Waals surface area contributed by atoms with Crippen LogP contribution in [0.15, 0.2) is 60.0 Å². The summed E-state index contributed by atoms with van der Waals surface area (Å²) in [7, 11) is 0. The predicted octanol–water partition coefficient (Wildman–Crippen LogP) is 4.62. The van der Waals surface area contributed by atoms with Gasteiger partial charge in [0.15, 0.2) is 0 Å². The van der Waals surface area contributed by atoms with Crippen LogP contribution in [0, 0.1) is 0 Å². The van der Waals surface area contributed by atoms with Crippen LogP contribution in [-0.4, -0.2) is 29.3 Å². The summed E-state index contributed by atoms with van der Waals surface area (Å²) in [4.78, 5) is 42.0. The number of carbonyl (C=O) groups is 3. The Morgan fingerprint density at radius 1 is 0.972 bits per heavy atom. The second-order valence-corrected chi connectivity index (χ2v) is 11.0. The molecule has 2 atom stereocenters. The Morgan fingerprint density at radius 2 is 1.78 bits per heavy atom. The maximum Gasteiger partial charge on any atom is 0.325 e. The van der Waals surface area contributed by atoms with Gasteiger partial charge >= 0.3 is 6.03 Å². The molecule has 7 heteroatoms. The molecular weight excluding hydrogens is 470 g/mol. The molecule has 2 unspecified atom stereocenters. The fraction of sp³-hybridized carbons (Fsp3) is 0.345. The first-order valence-corrected chi connectivity index (χ1v) is 13.6. The van der Waals surface area contributed by atoms with Crippen molar-refractivity contribution in [1.29, 1.82) is 0 Å². The van der Waals surface area contributed by atoms with Gasteiger partial charge in [-0.3, -0.25) is 14.5 Å². The monoisotopic (exact) mass is 499 g/mol. The number of thiophene rings is 1. The molecule has 1 spiro atoms. The number of amides is 4. The average Bonchev–Trinajstić information content (AvgIpc) is 3.51. The summed E-state index contributed by atoms with van der Waals surface area (Å²) in [6.45, 7) is -0.304. The third-order valence-corrected chi connectivity index (χ3v) is 8.73. The first-order valence-electron chi connectivity index (χ1n) is 12.7. The SMILES string of the molecule is O=C(CN1C(=O)NC2(CCCc3ccccc32)C1=O)NC(c1ccc2c(c1)CCCC2)c1cccs1. The van der Waals surface area contributed by atoms with Crippen LogP contribution in [0.5, 0.6) is 0 Å². The van der Waals surface area contributed by atoms with Crippen molar-refractivity contribution in [3.63, 3.8) is 0 Å². The lowest BCUT2D eigenvalue weighted by Crippen LogP contribution is -2.47. The Kier molecular flexibility index (Phi) is 5.88. The van der Waals surface area contributed by atoms with Crippen molar-refractivity contribution in [1.82, 2.24) is 15.5 Å². The van der Waals surface area contributed by atoms with Gasteiger partial charge in [-0.05, 0) is 84.2 Å². The standard InChI is InChI=1S/C29H29N3O3S/c33-25(18-32-27(34)29(31-28(32)35)15-5-10-20-8-3-4-11-23(20)29)30-26(24-12-6-16-36-24)22-14-13-19-7-1-2-9-21(19)17-22/h3-4,6,8,11-14,16-17,26H,1-2,5,7,9-10,15,18H2,(H,30,33)(H,31,35). The van der Waals surface area contributed by atoms with Crippen molar-refractivity contribution in [2.45, 2.75) is 56.5 Å². The zero-order valence-corrected chi connectivity index (χ0v) is 20.9. The second-order valence-electron chi connectivity index (χ2n) is 9.99. The van der Waals surface area contributed by atoms with Crippen LogP contribution >= 0.6 is 11.3 Å². The summed E-state index contributed by atoms with van der Waals surface area (Å²) < 4.78 is 0. The fourth-order valence-electron chi connectivity index (χ4n) is 6.01. The lowest BCUT2D eigenvalue weighted by Gasteiger charge is -2.33. The average molecular weight is 500 g/mol. The van der Waals surface area contributed by atoms with Gasteiger partial charge in [-0.25, -0.2) is 4.79 Å². The van der Waals surface area contributed by atoms with Gasteiger partial charge in [-0.15, -0.1) is 11.3 Å². The van der Waals surface area contributed by atoms with Gasteiger partial charge in [-0.1, -0.05) is 48.5 Å². The maximum absolute atomic E-state index is 13.6. The first-order chi connectivity index (χ1) is 17.5. The number of hydrogen-bond donors (Lipinski definition) is 2. The molecule has 2 N–H and O–H groups in total. The van der Waals surface area contributed by atoms with Crippen molar-refractivity contribution >= 4 is 29.2 Å². The van der Waals surface area contributed by atoms with E-state index in [-0.39, 0.29) is 24.4 Å². The van der Waals surface area contributed by atoms with Gasteiger partial charge in [0.25, 0.3) is 5.91 Å². The first kappa shape index (κ1) is 23.0. The molecular formula is C29H29N3O3S. The Hall–Kier alpha value is -3.45. The number of aryl methyl sites for hydroxylation is 3. The molecule has 1 aromatic heterocycles. The molecule has 184 valence electrons. The maximum atomic E-state index is 13.6. The predicted molar refractivity (Wildman–Crippen MR) is 139 cm³/mol. The molecule has 3 aromatic rings. The molecule has 2 aliphatic carbocycles. The summed E-state index contributed by atoms with van der Waals surface area (Å²) in [5.74, 6) is -0.688. The normalized spacial score (nSPS) is 21.6. The van der Waals surface area contributed by atoms with Crippen molar-refractivity contribution in [3.8, 4) is 0 Å². The zero-order valence-electron chi connectivity index (χ0n) is 20.1. The minimum Gasteiger partial charge on any atom is -0.343 e. The van der Waals surface area contributed by atoms with Crippen LogP contribution in [0.3, 0.4) is 0 Å². The summed E-state index contributed by atoms with van der Waals surface area (Å²) in [5, 5.41) is 8.05.